The van der Waals surface area contributed by atoms with Gasteiger partial charge < -0.3 is 9.72 Å². The average Bonchev–Trinajstić information content (AvgIpc) is 2.16. The molecule has 0 bridgehead atoms. The summed E-state index contributed by atoms with van der Waals surface area (Å²) >= 11 is 1.65. The van der Waals surface area contributed by atoms with Crippen LogP contribution in [0.3, 0.4) is 0 Å². The molecule has 1 aromatic heterocycles. The van der Waals surface area contributed by atoms with Crippen molar-refractivity contribution >= 4 is 28.6 Å². The molecule has 0 aliphatic rings. The van der Waals surface area contributed by atoms with Crippen LogP contribution in [0.15, 0.2) is 10.9 Å². The number of H-pyrrole nitrogens is 1. The average molecular weight is 343 g/mol. The molecule has 0 saturated heterocycles. The quantitative estimate of drug-likeness (QED) is 0.676. The lowest BCUT2D eigenvalue weighted by Gasteiger charge is -2.09. The lowest BCUT2D eigenvalue weighted by Crippen LogP contribution is -2.18. The van der Waals surface area contributed by atoms with Gasteiger partial charge in [-0.25, -0.2) is 13.6 Å². The number of ether oxygens (including phenoxy) is 1. The standard InChI is InChI=1S/C9H8F2INO3/c1-2-16-9(15)6-4(12)3-5(14)13-7(6)8(10)11/h3,8H,2H2,1H3,(H,13,14). The molecule has 0 aliphatic carbocycles. The minimum absolute atomic E-state index is 0.0801. The second-order valence-corrected chi connectivity index (χ2v) is 3.95. The minimum Gasteiger partial charge on any atom is -0.462 e. The van der Waals surface area contributed by atoms with E-state index in [0.29, 0.717) is 0 Å². The van der Waals surface area contributed by atoms with E-state index in [1.165, 1.54) is 0 Å². The van der Waals surface area contributed by atoms with Crippen LogP contribution >= 0.6 is 22.6 Å². The zero-order valence-electron chi connectivity index (χ0n) is 8.22. The third-order valence-corrected chi connectivity index (χ3v) is 2.57. The predicted octanol–water partition coefficient (Wildman–Crippen LogP) is 2.09. The van der Waals surface area contributed by atoms with Crippen molar-refractivity contribution < 1.29 is 18.3 Å². The van der Waals surface area contributed by atoms with Gasteiger partial charge in [0.25, 0.3) is 6.43 Å². The van der Waals surface area contributed by atoms with E-state index in [1.54, 1.807) is 29.5 Å². The summed E-state index contributed by atoms with van der Waals surface area (Å²) in [6.45, 7) is 1.65. The fraction of sp³-hybridized carbons (Fsp3) is 0.333. The first-order chi connectivity index (χ1) is 7.47. The van der Waals surface area contributed by atoms with Crippen molar-refractivity contribution in [2.24, 2.45) is 0 Å². The van der Waals surface area contributed by atoms with Gasteiger partial charge in [0, 0.05) is 9.64 Å². The highest BCUT2D eigenvalue weighted by Crippen LogP contribution is 2.23. The molecule has 1 rings (SSSR count). The highest BCUT2D eigenvalue weighted by molar-refractivity contribution is 14.1. The molecule has 0 fully saturated rings. The van der Waals surface area contributed by atoms with Gasteiger partial charge in [0.15, 0.2) is 0 Å². The Morgan fingerprint density at radius 2 is 2.25 bits per heavy atom. The molecule has 0 unspecified atom stereocenters. The van der Waals surface area contributed by atoms with E-state index in [9.17, 15) is 18.4 Å². The monoisotopic (exact) mass is 343 g/mol. The number of carbonyl (C=O) groups is 1. The molecule has 0 aromatic carbocycles. The summed E-state index contributed by atoms with van der Waals surface area (Å²) in [5.41, 5.74) is -1.65. The highest BCUT2D eigenvalue weighted by atomic mass is 127. The van der Waals surface area contributed by atoms with Crippen LogP contribution in [0.25, 0.3) is 0 Å². The van der Waals surface area contributed by atoms with Crippen LogP contribution in [0.2, 0.25) is 0 Å². The molecule has 0 spiro atoms. The number of hydrogen-bond acceptors (Lipinski definition) is 3. The highest BCUT2D eigenvalue weighted by Gasteiger charge is 2.23. The van der Waals surface area contributed by atoms with E-state index in [2.05, 4.69) is 4.74 Å². The third kappa shape index (κ3) is 2.77. The largest absolute Gasteiger partial charge is 0.462 e. The van der Waals surface area contributed by atoms with Crippen molar-refractivity contribution in [3.8, 4) is 0 Å². The molecule has 1 aromatic rings. The molecular formula is C9H8F2INO3. The van der Waals surface area contributed by atoms with Gasteiger partial charge in [0.2, 0.25) is 5.56 Å². The number of esters is 1. The number of halogens is 3. The van der Waals surface area contributed by atoms with Gasteiger partial charge in [-0.15, -0.1) is 0 Å². The fourth-order valence-corrected chi connectivity index (χ4v) is 1.92. The van der Waals surface area contributed by atoms with Gasteiger partial charge in [-0.05, 0) is 29.5 Å². The lowest BCUT2D eigenvalue weighted by molar-refractivity contribution is 0.0512. The van der Waals surface area contributed by atoms with Crippen molar-refractivity contribution in [3.63, 3.8) is 0 Å². The van der Waals surface area contributed by atoms with E-state index < -0.39 is 23.6 Å². The summed E-state index contributed by atoms with van der Waals surface area (Å²) in [4.78, 5) is 24.4. The number of nitrogens with one attached hydrogen (secondary N) is 1. The van der Waals surface area contributed by atoms with Crippen molar-refractivity contribution in [3.05, 3.63) is 31.2 Å². The summed E-state index contributed by atoms with van der Waals surface area (Å²) in [6, 6.07) is 1.07. The summed E-state index contributed by atoms with van der Waals surface area (Å²) in [5, 5.41) is 0. The number of hydrogen-bond donors (Lipinski definition) is 1. The molecule has 16 heavy (non-hydrogen) atoms. The zero-order valence-corrected chi connectivity index (χ0v) is 10.4. The Morgan fingerprint density at radius 1 is 1.62 bits per heavy atom. The molecule has 4 nitrogen and oxygen atoms in total. The van der Waals surface area contributed by atoms with Gasteiger partial charge in [0.1, 0.15) is 5.69 Å². The molecule has 1 N–H and O–H groups in total. The first kappa shape index (κ1) is 13.1. The zero-order chi connectivity index (χ0) is 12.3. The van der Waals surface area contributed by atoms with Gasteiger partial charge in [-0.1, -0.05) is 0 Å². The Morgan fingerprint density at radius 3 is 2.75 bits per heavy atom. The third-order valence-electron chi connectivity index (χ3n) is 1.72. The molecule has 0 saturated carbocycles. The van der Waals surface area contributed by atoms with Crippen molar-refractivity contribution in [2.45, 2.75) is 13.3 Å². The predicted molar refractivity (Wildman–Crippen MR) is 60.7 cm³/mol. The topological polar surface area (TPSA) is 59.2 Å². The Kier molecular flexibility index (Phi) is 4.39. The van der Waals surface area contributed by atoms with Crippen LogP contribution in [-0.4, -0.2) is 17.6 Å². The van der Waals surface area contributed by atoms with Crippen molar-refractivity contribution in [1.29, 1.82) is 0 Å². The van der Waals surface area contributed by atoms with Crippen LogP contribution in [0.4, 0.5) is 8.78 Å². The minimum atomic E-state index is -2.93. The Balaban J connectivity index is 3.35. The second kappa shape index (κ2) is 5.37. The Bertz CT molecular complexity index is 459. The van der Waals surface area contributed by atoms with Crippen LogP contribution in [0, 0.1) is 3.57 Å². The first-order valence-electron chi connectivity index (χ1n) is 4.35. The number of rotatable bonds is 3. The first-order valence-corrected chi connectivity index (χ1v) is 5.43. The van der Waals surface area contributed by atoms with Crippen molar-refractivity contribution in [1.82, 2.24) is 4.98 Å². The Labute approximate surface area is 103 Å². The number of aromatic amines is 1. The van der Waals surface area contributed by atoms with E-state index in [-0.39, 0.29) is 15.7 Å². The number of pyridine rings is 1. The molecule has 7 heteroatoms. The lowest BCUT2D eigenvalue weighted by atomic mass is 10.2. The molecule has 88 valence electrons. The summed E-state index contributed by atoms with van der Waals surface area (Å²) < 4.78 is 30.0. The van der Waals surface area contributed by atoms with E-state index in [1.807, 2.05) is 4.98 Å². The summed E-state index contributed by atoms with van der Waals surface area (Å²) in [7, 11) is 0. The number of alkyl halides is 2. The number of carbonyl (C=O) groups excluding carboxylic acids is 1. The molecule has 0 radical (unpaired) electrons. The summed E-state index contributed by atoms with van der Waals surface area (Å²) in [6.07, 6.45) is -2.93. The van der Waals surface area contributed by atoms with Crippen molar-refractivity contribution in [2.75, 3.05) is 6.61 Å². The fourth-order valence-electron chi connectivity index (χ4n) is 1.12. The molecule has 0 amide bonds. The van der Waals surface area contributed by atoms with Crippen LogP contribution in [0.1, 0.15) is 29.4 Å². The molecule has 0 aliphatic heterocycles. The van der Waals surface area contributed by atoms with Gasteiger partial charge in [-0.2, -0.15) is 0 Å². The van der Waals surface area contributed by atoms with E-state index in [4.69, 9.17) is 0 Å². The van der Waals surface area contributed by atoms with E-state index >= 15 is 0 Å². The normalized spacial score (nSPS) is 10.6. The second-order valence-electron chi connectivity index (χ2n) is 2.79. The number of aromatic nitrogens is 1. The van der Waals surface area contributed by atoms with Gasteiger partial charge >= 0.3 is 5.97 Å². The summed E-state index contributed by atoms with van der Waals surface area (Å²) in [5.74, 6) is -0.863. The van der Waals surface area contributed by atoms with Gasteiger partial charge in [0.05, 0.1) is 12.2 Å². The SMILES string of the molecule is CCOC(=O)c1c(I)cc(=O)[nH]c1C(F)F. The van der Waals surface area contributed by atoms with Crippen LogP contribution in [-0.2, 0) is 4.74 Å². The smallest absolute Gasteiger partial charge is 0.341 e. The van der Waals surface area contributed by atoms with E-state index in [0.717, 1.165) is 6.07 Å². The Hall–Kier alpha value is -0.990. The maximum absolute atomic E-state index is 12.6. The van der Waals surface area contributed by atoms with Gasteiger partial charge in [-0.3, -0.25) is 4.79 Å². The van der Waals surface area contributed by atoms with Crippen LogP contribution in [0.5, 0.6) is 0 Å². The maximum atomic E-state index is 12.6. The maximum Gasteiger partial charge on any atom is 0.341 e. The molecule has 1 heterocycles. The molecule has 0 atom stereocenters. The molecular weight excluding hydrogens is 335 g/mol. The van der Waals surface area contributed by atoms with Crippen LogP contribution < -0.4 is 5.56 Å².